The third-order valence-electron chi connectivity index (χ3n) is 4.45. The minimum atomic E-state index is -3.25. The maximum atomic E-state index is 12.2. The van der Waals surface area contributed by atoms with Crippen LogP contribution in [0.25, 0.3) is 0 Å². The van der Waals surface area contributed by atoms with Crippen molar-refractivity contribution in [3.05, 3.63) is 45.4 Å². The lowest BCUT2D eigenvalue weighted by molar-refractivity contribution is -0.116. The van der Waals surface area contributed by atoms with Crippen LogP contribution < -0.4 is 5.32 Å². The highest BCUT2D eigenvalue weighted by Crippen LogP contribution is 2.29. The smallest absolute Gasteiger partial charge is 0.226 e. The number of halogens is 1. The molecule has 2 aromatic rings. The van der Waals surface area contributed by atoms with Gasteiger partial charge in [-0.15, -0.1) is 11.3 Å². The molecule has 0 atom stereocenters. The standard InChI is InChI=1S/C18H20ClN3O4S2/c1-2-28(25,26)22-10-9-14-16(11-22)27-18(20-14)21-17(24)8-7-15(23)12-3-5-13(19)6-4-12/h3-6H,2,7-11H2,1H3,(H,20,21,24). The van der Waals surface area contributed by atoms with Crippen LogP contribution in [0.3, 0.4) is 0 Å². The first-order valence-electron chi connectivity index (χ1n) is 8.83. The number of nitrogens with one attached hydrogen (secondary N) is 1. The number of amides is 1. The summed E-state index contributed by atoms with van der Waals surface area (Å²) in [6, 6.07) is 6.54. The minimum absolute atomic E-state index is 0.0437. The summed E-state index contributed by atoms with van der Waals surface area (Å²) < 4.78 is 25.5. The molecule has 0 saturated carbocycles. The molecule has 0 aliphatic carbocycles. The van der Waals surface area contributed by atoms with Gasteiger partial charge in [-0.25, -0.2) is 13.4 Å². The fourth-order valence-corrected chi connectivity index (χ4v) is 5.14. The number of rotatable bonds is 7. The molecular formula is C18H20ClN3O4S2. The molecule has 28 heavy (non-hydrogen) atoms. The number of fused-ring (bicyclic) bond motifs is 1. The lowest BCUT2D eigenvalue weighted by Gasteiger charge is -2.24. The second-order valence-electron chi connectivity index (χ2n) is 6.35. The Kier molecular flexibility index (Phi) is 6.49. The Balaban J connectivity index is 1.56. The van der Waals surface area contributed by atoms with Crippen molar-refractivity contribution in [2.45, 2.75) is 32.7 Å². The van der Waals surface area contributed by atoms with E-state index in [4.69, 9.17) is 11.6 Å². The van der Waals surface area contributed by atoms with E-state index in [1.807, 2.05) is 0 Å². The number of hydrogen-bond donors (Lipinski definition) is 1. The van der Waals surface area contributed by atoms with Gasteiger partial charge in [-0.1, -0.05) is 11.6 Å². The van der Waals surface area contributed by atoms with Crippen molar-refractivity contribution < 1.29 is 18.0 Å². The summed E-state index contributed by atoms with van der Waals surface area (Å²) in [5, 5.41) is 3.69. The van der Waals surface area contributed by atoms with Crippen molar-refractivity contribution in [3.8, 4) is 0 Å². The zero-order valence-electron chi connectivity index (χ0n) is 15.3. The molecule has 0 unspecified atom stereocenters. The van der Waals surface area contributed by atoms with Gasteiger partial charge in [-0.05, 0) is 31.2 Å². The molecule has 1 aliphatic heterocycles. The van der Waals surface area contributed by atoms with Crippen LogP contribution in [0.1, 0.15) is 40.7 Å². The Morgan fingerprint density at radius 1 is 1.25 bits per heavy atom. The minimum Gasteiger partial charge on any atom is -0.302 e. The highest BCUT2D eigenvalue weighted by Gasteiger charge is 2.28. The van der Waals surface area contributed by atoms with Crippen LogP contribution in [0, 0.1) is 0 Å². The summed E-state index contributed by atoms with van der Waals surface area (Å²) in [6.07, 6.45) is 0.652. The molecule has 0 fully saturated rings. The van der Waals surface area contributed by atoms with E-state index in [2.05, 4.69) is 10.3 Å². The summed E-state index contributed by atoms with van der Waals surface area (Å²) in [6.45, 7) is 2.30. The van der Waals surface area contributed by atoms with Gasteiger partial charge in [0.2, 0.25) is 15.9 Å². The molecule has 3 rings (SSSR count). The van der Waals surface area contributed by atoms with Gasteiger partial charge >= 0.3 is 0 Å². The topological polar surface area (TPSA) is 96.4 Å². The largest absolute Gasteiger partial charge is 0.302 e. The number of ketones is 1. The van der Waals surface area contributed by atoms with Crippen molar-refractivity contribution in [2.75, 3.05) is 17.6 Å². The first-order chi connectivity index (χ1) is 13.3. The van der Waals surface area contributed by atoms with Crippen LogP contribution in [-0.2, 0) is 27.8 Å². The van der Waals surface area contributed by atoms with E-state index in [-0.39, 0.29) is 36.8 Å². The second kappa shape index (κ2) is 8.69. The van der Waals surface area contributed by atoms with Crippen LogP contribution in [0.5, 0.6) is 0 Å². The summed E-state index contributed by atoms with van der Waals surface area (Å²) in [5.41, 5.74) is 1.33. The molecule has 0 saturated heterocycles. The van der Waals surface area contributed by atoms with Gasteiger partial charge in [0.05, 0.1) is 11.4 Å². The lowest BCUT2D eigenvalue weighted by atomic mass is 10.1. The monoisotopic (exact) mass is 441 g/mol. The van der Waals surface area contributed by atoms with E-state index in [0.717, 1.165) is 10.6 Å². The highest BCUT2D eigenvalue weighted by atomic mass is 35.5. The molecule has 1 aromatic carbocycles. The molecule has 0 bridgehead atoms. The molecule has 7 nitrogen and oxygen atoms in total. The number of aromatic nitrogens is 1. The van der Waals surface area contributed by atoms with Gasteiger partial charge in [-0.3, -0.25) is 9.59 Å². The zero-order chi connectivity index (χ0) is 20.3. The van der Waals surface area contributed by atoms with E-state index in [0.29, 0.717) is 28.7 Å². The SMILES string of the molecule is CCS(=O)(=O)N1CCc2nc(NC(=O)CCC(=O)c3ccc(Cl)cc3)sc2C1. The summed E-state index contributed by atoms with van der Waals surface area (Å²) in [7, 11) is -3.25. The van der Waals surface area contributed by atoms with Crippen LogP contribution >= 0.6 is 22.9 Å². The molecule has 0 spiro atoms. The van der Waals surface area contributed by atoms with Crippen molar-refractivity contribution >= 4 is 49.8 Å². The average Bonchev–Trinajstić information content (AvgIpc) is 3.08. The number of carbonyl (C=O) groups is 2. The molecule has 0 radical (unpaired) electrons. The normalized spacial score (nSPS) is 14.5. The second-order valence-corrected chi connectivity index (χ2v) is 10.1. The van der Waals surface area contributed by atoms with Gasteiger partial charge in [0.1, 0.15) is 0 Å². The number of hydrogen-bond acceptors (Lipinski definition) is 6. The summed E-state index contributed by atoms with van der Waals surface area (Å²) in [5.74, 6) is -0.371. The van der Waals surface area contributed by atoms with Crippen LogP contribution in [0.15, 0.2) is 24.3 Å². The maximum Gasteiger partial charge on any atom is 0.226 e. The Morgan fingerprint density at radius 3 is 2.64 bits per heavy atom. The first-order valence-corrected chi connectivity index (χ1v) is 11.6. The van der Waals surface area contributed by atoms with Gasteiger partial charge in [0.15, 0.2) is 10.9 Å². The van der Waals surface area contributed by atoms with Gasteiger partial charge in [0, 0.05) is 47.8 Å². The zero-order valence-corrected chi connectivity index (χ0v) is 17.7. The number of thiazole rings is 1. The Hall–Kier alpha value is -1.81. The van der Waals surface area contributed by atoms with E-state index in [1.165, 1.54) is 15.6 Å². The van der Waals surface area contributed by atoms with E-state index >= 15 is 0 Å². The molecule has 1 amide bonds. The third-order valence-corrected chi connectivity index (χ3v) is 7.52. The maximum absolute atomic E-state index is 12.2. The molecule has 10 heteroatoms. The van der Waals surface area contributed by atoms with Gasteiger partial charge in [0.25, 0.3) is 0 Å². The number of Topliss-reactive ketones (excluding diaryl/α,β-unsaturated/α-hetero) is 1. The Morgan fingerprint density at radius 2 is 1.96 bits per heavy atom. The molecular weight excluding hydrogens is 422 g/mol. The number of benzene rings is 1. The third kappa shape index (κ3) is 4.96. The fourth-order valence-electron chi connectivity index (χ4n) is 2.83. The van der Waals surface area contributed by atoms with Crippen molar-refractivity contribution in [2.24, 2.45) is 0 Å². The van der Waals surface area contributed by atoms with Gasteiger partial charge in [-0.2, -0.15) is 4.31 Å². The molecule has 1 N–H and O–H groups in total. The summed E-state index contributed by atoms with van der Waals surface area (Å²) >= 11 is 7.08. The Bertz CT molecular complexity index is 987. The number of anilines is 1. The van der Waals surface area contributed by atoms with Crippen molar-refractivity contribution in [1.82, 2.24) is 9.29 Å². The first kappa shape index (κ1) is 20.9. The molecule has 1 aliphatic rings. The lowest BCUT2D eigenvalue weighted by Crippen LogP contribution is -2.36. The van der Waals surface area contributed by atoms with Crippen molar-refractivity contribution in [1.29, 1.82) is 0 Å². The van der Waals surface area contributed by atoms with Gasteiger partial charge < -0.3 is 5.32 Å². The fraction of sp³-hybridized carbons (Fsp3) is 0.389. The van der Waals surface area contributed by atoms with Crippen LogP contribution in [0.4, 0.5) is 5.13 Å². The number of sulfonamides is 1. The van der Waals surface area contributed by atoms with E-state index < -0.39 is 10.0 Å². The molecule has 2 heterocycles. The van der Waals surface area contributed by atoms with Crippen LogP contribution in [-0.4, -0.2) is 41.7 Å². The average molecular weight is 442 g/mol. The van der Waals surface area contributed by atoms with Crippen molar-refractivity contribution in [3.63, 3.8) is 0 Å². The highest BCUT2D eigenvalue weighted by molar-refractivity contribution is 7.89. The Labute approximate surface area is 172 Å². The quantitative estimate of drug-likeness (QED) is 0.666. The predicted octanol–water partition coefficient (Wildman–Crippen LogP) is 3.11. The molecule has 150 valence electrons. The van der Waals surface area contributed by atoms with E-state index in [1.54, 1.807) is 31.2 Å². The summed E-state index contributed by atoms with van der Waals surface area (Å²) in [4.78, 5) is 29.5. The molecule has 1 aromatic heterocycles. The number of carbonyl (C=O) groups excluding carboxylic acids is 2. The predicted molar refractivity (Wildman–Crippen MR) is 109 cm³/mol. The van der Waals surface area contributed by atoms with E-state index in [9.17, 15) is 18.0 Å². The van der Waals surface area contributed by atoms with Crippen LogP contribution in [0.2, 0.25) is 5.02 Å². The number of nitrogens with zero attached hydrogens (tertiary/aromatic N) is 2.